The molecule has 1 atom stereocenters. The largest absolute Gasteiger partial charge is 0.466 e. The normalized spacial score (nSPS) is 11.8. The van der Waals surface area contributed by atoms with Gasteiger partial charge in [-0.2, -0.15) is 0 Å². The summed E-state index contributed by atoms with van der Waals surface area (Å²) in [6.45, 7) is 4.05. The molecule has 10 nitrogen and oxygen atoms in total. The lowest BCUT2D eigenvalue weighted by Gasteiger charge is -2.13. The van der Waals surface area contributed by atoms with Crippen molar-refractivity contribution in [1.29, 1.82) is 0 Å². The number of rotatable bonds is 14. The number of carbonyl (C=O) groups is 1. The predicted molar refractivity (Wildman–Crippen MR) is 78.3 cm³/mol. The van der Waals surface area contributed by atoms with E-state index in [1.165, 1.54) is 0 Å². The topological polar surface area (TPSA) is 131 Å². The van der Waals surface area contributed by atoms with E-state index in [0.29, 0.717) is 25.4 Å². The van der Waals surface area contributed by atoms with Crippen molar-refractivity contribution in [2.45, 2.75) is 58.5 Å². The van der Waals surface area contributed by atoms with Crippen LogP contribution in [0.25, 0.3) is 0 Å². The molecule has 23 heavy (non-hydrogen) atoms. The van der Waals surface area contributed by atoms with Gasteiger partial charge in [0.15, 0.2) is 0 Å². The minimum atomic E-state index is -1.04. The molecule has 0 saturated heterocycles. The zero-order valence-corrected chi connectivity index (χ0v) is 13.5. The molecular weight excluding hydrogens is 312 g/mol. The van der Waals surface area contributed by atoms with Crippen LogP contribution >= 0.6 is 0 Å². The van der Waals surface area contributed by atoms with E-state index in [-0.39, 0.29) is 18.8 Å². The van der Waals surface area contributed by atoms with Crippen LogP contribution in [0.1, 0.15) is 52.4 Å². The highest BCUT2D eigenvalue weighted by molar-refractivity contribution is 5.69. The maximum Gasteiger partial charge on any atom is 0.305 e. The maximum atomic E-state index is 11.4. The minimum absolute atomic E-state index is 0.176. The Morgan fingerprint density at radius 1 is 1.04 bits per heavy atom. The van der Waals surface area contributed by atoms with E-state index in [1.54, 1.807) is 0 Å². The third kappa shape index (κ3) is 14.6. The van der Waals surface area contributed by atoms with E-state index in [4.69, 9.17) is 4.74 Å². The summed E-state index contributed by atoms with van der Waals surface area (Å²) in [5, 5.41) is 18.3. The summed E-state index contributed by atoms with van der Waals surface area (Å²) in [7, 11) is 0. The molecule has 0 saturated carbocycles. The number of carbonyl (C=O) groups excluding carboxylic acids is 1. The van der Waals surface area contributed by atoms with Crippen LogP contribution in [-0.4, -0.2) is 35.5 Å². The van der Waals surface area contributed by atoms with Crippen molar-refractivity contribution in [3.05, 3.63) is 20.2 Å². The number of nitrogens with zero attached hydrogens (tertiary/aromatic N) is 2. The molecule has 10 heteroatoms. The summed E-state index contributed by atoms with van der Waals surface area (Å²) in [6.07, 6.45) is 2.04. The first kappa shape index (κ1) is 20.9. The number of ether oxygens (including phenoxy) is 1. The van der Waals surface area contributed by atoms with Gasteiger partial charge in [-0.1, -0.05) is 20.3 Å². The van der Waals surface area contributed by atoms with Gasteiger partial charge in [0.05, 0.1) is 6.61 Å². The molecule has 0 aromatic heterocycles. The van der Waals surface area contributed by atoms with Gasteiger partial charge in [0.1, 0.15) is 12.7 Å². The Morgan fingerprint density at radius 2 is 1.74 bits per heavy atom. The first-order valence-corrected chi connectivity index (χ1v) is 7.55. The van der Waals surface area contributed by atoms with E-state index >= 15 is 0 Å². The number of hydrogen-bond acceptors (Lipinski definition) is 8. The van der Waals surface area contributed by atoms with Gasteiger partial charge >= 0.3 is 5.97 Å². The van der Waals surface area contributed by atoms with Crippen molar-refractivity contribution < 1.29 is 29.4 Å². The Hall–Kier alpha value is -2.13. The first-order valence-electron chi connectivity index (χ1n) is 7.55. The molecule has 0 aliphatic rings. The van der Waals surface area contributed by atoms with Gasteiger partial charge in [-0.05, 0) is 31.6 Å². The smallest absolute Gasteiger partial charge is 0.305 e. The zero-order chi connectivity index (χ0) is 17.7. The summed E-state index contributed by atoms with van der Waals surface area (Å²) >= 11 is 0. The molecule has 0 heterocycles. The van der Waals surface area contributed by atoms with Gasteiger partial charge in [-0.3, -0.25) is 4.79 Å². The van der Waals surface area contributed by atoms with E-state index in [9.17, 15) is 25.0 Å². The Morgan fingerprint density at radius 3 is 2.30 bits per heavy atom. The van der Waals surface area contributed by atoms with Crippen molar-refractivity contribution in [3.63, 3.8) is 0 Å². The third-order valence-electron chi connectivity index (χ3n) is 2.95. The molecule has 0 aliphatic carbocycles. The predicted octanol–water partition coefficient (Wildman–Crippen LogP) is 2.31. The fourth-order valence-electron chi connectivity index (χ4n) is 1.82. The van der Waals surface area contributed by atoms with E-state index < -0.39 is 22.9 Å². The SMILES string of the molecule is CC(C)CCCOC(=O)CCCCC(CO[N+](=O)[O-])O[N+](=O)[O-]. The Balaban J connectivity index is 3.80. The summed E-state index contributed by atoms with van der Waals surface area (Å²) in [5.74, 6) is 0.246. The van der Waals surface area contributed by atoms with Crippen LogP contribution in [0.2, 0.25) is 0 Å². The molecule has 0 N–H and O–H groups in total. The molecule has 0 amide bonds. The van der Waals surface area contributed by atoms with E-state index in [0.717, 1.165) is 12.8 Å². The lowest BCUT2D eigenvalue weighted by molar-refractivity contribution is -0.790. The third-order valence-corrected chi connectivity index (χ3v) is 2.95. The van der Waals surface area contributed by atoms with Gasteiger partial charge in [0.2, 0.25) is 0 Å². The Labute approximate surface area is 134 Å². The van der Waals surface area contributed by atoms with Gasteiger partial charge in [-0.15, -0.1) is 20.2 Å². The van der Waals surface area contributed by atoms with Crippen molar-refractivity contribution in [1.82, 2.24) is 0 Å². The van der Waals surface area contributed by atoms with Crippen LogP contribution in [0.15, 0.2) is 0 Å². The minimum Gasteiger partial charge on any atom is -0.466 e. The molecular formula is C13H24N2O8. The fraction of sp³-hybridized carbons (Fsp3) is 0.923. The van der Waals surface area contributed by atoms with Crippen LogP contribution in [-0.2, 0) is 19.2 Å². The average molecular weight is 336 g/mol. The van der Waals surface area contributed by atoms with Gasteiger partial charge < -0.3 is 14.4 Å². The maximum absolute atomic E-state index is 11.4. The summed E-state index contributed by atoms with van der Waals surface area (Å²) in [6, 6.07) is 0. The van der Waals surface area contributed by atoms with Crippen LogP contribution in [0.5, 0.6) is 0 Å². The Bertz CT molecular complexity index is 375. The highest BCUT2D eigenvalue weighted by Crippen LogP contribution is 2.09. The Kier molecular flexibility index (Phi) is 11.3. The summed E-state index contributed by atoms with van der Waals surface area (Å²) in [5.41, 5.74) is 0. The van der Waals surface area contributed by atoms with Crippen molar-refractivity contribution >= 4 is 5.97 Å². The van der Waals surface area contributed by atoms with Crippen LogP contribution in [0.4, 0.5) is 0 Å². The molecule has 0 aliphatic heterocycles. The number of esters is 1. The second-order valence-corrected chi connectivity index (χ2v) is 5.47. The van der Waals surface area contributed by atoms with Crippen molar-refractivity contribution in [2.24, 2.45) is 5.92 Å². The molecule has 0 fully saturated rings. The molecule has 134 valence electrons. The van der Waals surface area contributed by atoms with E-state index in [2.05, 4.69) is 23.5 Å². The lowest BCUT2D eigenvalue weighted by Crippen LogP contribution is -2.24. The highest BCUT2D eigenvalue weighted by Gasteiger charge is 2.15. The second-order valence-electron chi connectivity index (χ2n) is 5.47. The standard InChI is InChI=1S/C13H24N2O8/c1-11(2)6-5-9-21-13(16)8-4-3-7-12(23-15(19)20)10-22-14(17)18/h11-12H,3-10H2,1-2H3. The summed E-state index contributed by atoms with van der Waals surface area (Å²) < 4.78 is 5.05. The first-order chi connectivity index (χ1) is 10.8. The molecule has 1 unspecified atom stereocenters. The van der Waals surface area contributed by atoms with Crippen LogP contribution in [0.3, 0.4) is 0 Å². The van der Waals surface area contributed by atoms with Crippen molar-refractivity contribution in [2.75, 3.05) is 13.2 Å². The van der Waals surface area contributed by atoms with Gasteiger partial charge in [0, 0.05) is 6.42 Å². The van der Waals surface area contributed by atoms with Crippen LogP contribution < -0.4 is 0 Å². The molecule has 0 radical (unpaired) electrons. The average Bonchev–Trinajstić information content (AvgIpc) is 2.44. The van der Waals surface area contributed by atoms with Gasteiger partial charge in [0.25, 0.3) is 10.2 Å². The molecule has 0 rings (SSSR count). The van der Waals surface area contributed by atoms with Crippen molar-refractivity contribution in [3.8, 4) is 0 Å². The number of unbranched alkanes of at least 4 members (excludes halogenated alkanes) is 1. The van der Waals surface area contributed by atoms with Gasteiger partial charge in [-0.25, -0.2) is 0 Å². The molecule has 0 aromatic carbocycles. The molecule has 0 bridgehead atoms. The molecule has 0 aromatic rings. The zero-order valence-electron chi connectivity index (χ0n) is 13.5. The lowest BCUT2D eigenvalue weighted by atomic mass is 10.1. The highest BCUT2D eigenvalue weighted by atomic mass is 17.0. The number of hydrogen-bond donors (Lipinski definition) is 0. The fourth-order valence-corrected chi connectivity index (χ4v) is 1.82. The monoisotopic (exact) mass is 336 g/mol. The quantitative estimate of drug-likeness (QED) is 0.204. The summed E-state index contributed by atoms with van der Waals surface area (Å²) in [4.78, 5) is 40.2. The molecule has 0 spiro atoms. The van der Waals surface area contributed by atoms with Crippen LogP contribution in [0, 0.1) is 26.1 Å². The second kappa shape index (κ2) is 12.4. The van der Waals surface area contributed by atoms with E-state index in [1.807, 2.05) is 0 Å².